The van der Waals surface area contributed by atoms with Crippen LogP contribution in [0.2, 0.25) is 0 Å². The van der Waals surface area contributed by atoms with Crippen LogP contribution in [0, 0.1) is 5.92 Å². The lowest BCUT2D eigenvalue weighted by Gasteiger charge is -2.40. The van der Waals surface area contributed by atoms with Crippen LogP contribution in [0.15, 0.2) is 96.8 Å². The van der Waals surface area contributed by atoms with E-state index >= 15 is 0 Å². The van der Waals surface area contributed by atoms with Crippen LogP contribution in [0.25, 0.3) is 0 Å². The minimum Gasteiger partial charge on any atom is -0.364 e. The third-order valence-electron chi connectivity index (χ3n) is 8.54. The van der Waals surface area contributed by atoms with Crippen molar-refractivity contribution in [1.29, 1.82) is 0 Å². The molecule has 3 aromatic carbocycles. The highest BCUT2D eigenvalue weighted by Crippen LogP contribution is 2.50. The van der Waals surface area contributed by atoms with E-state index in [0.29, 0.717) is 5.92 Å². The van der Waals surface area contributed by atoms with Crippen molar-refractivity contribution in [1.82, 2.24) is 9.80 Å². The number of likely N-dealkylation sites (N-methyl/N-ethyl adjacent to an activating group) is 1. The molecule has 1 atom stereocenters. The van der Waals surface area contributed by atoms with Crippen molar-refractivity contribution in [3.05, 3.63) is 114 Å². The Bertz CT molecular complexity index is 1160. The molecule has 0 radical (unpaired) electrons. The lowest BCUT2D eigenvalue weighted by atomic mass is 9.68. The zero-order valence-corrected chi connectivity index (χ0v) is 23.8. The number of rotatable bonds is 10. The fourth-order valence-electron chi connectivity index (χ4n) is 6.64. The average Bonchev–Trinajstić information content (AvgIpc) is 3.40. The quantitative estimate of drug-likeness (QED) is 0.289. The molecule has 3 nitrogen and oxygen atoms in total. The Morgan fingerprint density at radius 1 is 0.816 bits per heavy atom. The molecular weight excluding hydrogens is 462 g/mol. The van der Waals surface area contributed by atoms with Crippen LogP contribution in [0.4, 0.5) is 5.69 Å². The second kappa shape index (κ2) is 11.7. The van der Waals surface area contributed by atoms with E-state index in [2.05, 4.69) is 134 Å². The summed E-state index contributed by atoms with van der Waals surface area (Å²) >= 11 is 0. The van der Waals surface area contributed by atoms with Crippen molar-refractivity contribution in [2.45, 2.75) is 57.9 Å². The smallest absolute Gasteiger partial charge is 0.102 e. The predicted octanol–water partition coefficient (Wildman–Crippen LogP) is 7.14. The second-order valence-corrected chi connectivity index (χ2v) is 11.8. The number of fused-ring (bicyclic) bond motifs is 1. The molecule has 1 saturated heterocycles. The van der Waals surface area contributed by atoms with Crippen LogP contribution in [0.1, 0.15) is 50.3 Å². The van der Waals surface area contributed by atoms with Gasteiger partial charge in [-0.05, 0) is 60.4 Å². The van der Waals surface area contributed by atoms with Gasteiger partial charge in [-0.3, -0.25) is 0 Å². The Kier molecular flexibility index (Phi) is 8.12. The van der Waals surface area contributed by atoms with Crippen LogP contribution >= 0.6 is 0 Å². The number of benzene rings is 3. The summed E-state index contributed by atoms with van der Waals surface area (Å²) in [5.74, 6) is 2.12. The zero-order chi connectivity index (χ0) is 26.5. The maximum absolute atomic E-state index is 2.72. The second-order valence-electron chi connectivity index (χ2n) is 11.8. The topological polar surface area (TPSA) is 9.72 Å². The minimum atomic E-state index is -0.0609. The maximum atomic E-state index is 2.72. The summed E-state index contributed by atoms with van der Waals surface area (Å²) in [6.45, 7) is 11.4. The monoisotopic (exact) mass is 507 g/mol. The van der Waals surface area contributed by atoms with Gasteiger partial charge in [0.2, 0.25) is 0 Å². The molecule has 200 valence electrons. The van der Waals surface area contributed by atoms with E-state index in [0.717, 1.165) is 45.4 Å². The molecule has 5 rings (SSSR count). The van der Waals surface area contributed by atoms with Gasteiger partial charge < -0.3 is 14.7 Å². The van der Waals surface area contributed by atoms with Crippen molar-refractivity contribution >= 4 is 5.69 Å². The van der Waals surface area contributed by atoms with Crippen molar-refractivity contribution in [2.75, 3.05) is 38.1 Å². The van der Waals surface area contributed by atoms with E-state index < -0.39 is 0 Å². The third kappa shape index (κ3) is 5.34. The standard InChI is InChI=1S/C35H45N3/c1-5-21-38-32-19-13-12-18-31(32)35(26-29-14-8-6-9-15-29,27-30-16-10-7-11-17-30)33(38)25-34-36(4)23-24-37(34)22-20-28(2)3/h6-19,25,28,33H,5,20-24,26-27H2,1-4H3/b34-25+. The summed E-state index contributed by atoms with van der Waals surface area (Å²) in [7, 11) is 2.28. The van der Waals surface area contributed by atoms with Gasteiger partial charge in [-0.25, -0.2) is 0 Å². The van der Waals surface area contributed by atoms with Gasteiger partial charge in [0.15, 0.2) is 0 Å². The molecule has 0 spiro atoms. The molecule has 1 fully saturated rings. The molecule has 0 amide bonds. The largest absolute Gasteiger partial charge is 0.364 e. The summed E-state index contributed by atoms with van der Waals surface area (Å²) in [4.78, 5) is 7.85. The summed E-state index contributed by atoms with van der Waals surface area (Å²) < 4.78 is 0. The molecule has 38 heavy (non-hydrogen) atoms. The molecule has 0 N–H and O–H groups in total. The Hall–Kier alpha value is -3.20. The molecule has 3 heteroatoms. The molecule has 0 bridgehead atoms. The van der Waals surface area contributed by atoms with Gasteiger partial charge in [0.05, 0.1) is 6.04 Å². The summed E-state index contributed by atoms with van der Waals surface area (Å²) in [5, 5.41) is 0. The van der Waals surface area contributed by atoms with Crippen molar-refractivity contribution in [3.63, 3.8) is 0 Å². The van der Waals surface area contributed by atoms with E-state index in [1.54, 1.807) is 0 Å². The van der Waals surface area contributed by atoms with Crippen molar-refractivity contribution in [3.8, 4) is 0 Å². The number of para-hydroxylation sites is 1. The molecule has 1 unspecified atom stereocenters. The van der Waals surface area contributed by atoms with Crippen molar-refractivity contribution in [2.24, 2.45) is 5.92 Å². The van der Waals surface area contributed by atoms with Crippen LogP contribution in [-0.2, 0) is 18.3 Å². The van der Waals surface area contributed by atoms with Gasteiger partial charge in [-0.2, -0.15) is 0 Å². The fourth-order valence-corrected chi connectivity index (χ4v) is 6.64. The number of anilines is 1. The van der Waals surface area contributed by atoms with Crippen LogP contribution < -0.4 is 4.90 Å². The Balaban J connectivity index is 1.67. The van der Waals surface area contributed by atoms with Crippen LogP contribution in [0.5, 0.6) is 0 Å². The molecular formula is C35H45N3. The first-order valence-electron chi connectivity index (χ1n) is 14.6. The lowest BCUT2D eigenvalue weighted by molar-refractivity contribution is 0.325. The highest BCUT2D eigenvalue weighted by molar-refractivity contribution is 5.67. The average molecular weight is 508 g/mol. The SMILES string of the molecule is CCCN1c2ccccc2C(Cc2ccccc2)(Cc2ccccc2)C1/C=C1\N(C)CCN1CCC(C)C. The normalized spacial score (nSPS) is 19.6. The highest BCUT2D eigenvalue weighted by atomic mass is 15.4. The zero-order valence-electron chi connectivity index (χ0n) is 23.8. The van der Waals surface area contributed by atoms with Crippen LogP contribution in [0.3, 0.4) is 0 Å². The molecule has 2 aliphatic rings. The van der Waals surface area contributed by atoms with E-state index in [9.17, 15) is 0 Å². The molecule has 0 aliphatic carbocycles. The van der Waals surface area contributed by atoms with Gasteiger partial charge in [0, 0.05) is 44.3 Å². The first kappa shape index (κ1) is 26.4. The number of hydrogen-bond acceptors (Lipinski definition) is 3. The summed E-state index contributed by atoms with van der Waals surface area (Å²) in [6, 6.07) is 31.9. The van der Waals surface area contributed by atoms with Gasteiger partial charge in [-0.1, -0.05) is 99.6 Å². The van der Waals surface area contributed by atoms with E-state index in [1.807, 2.05) is 0 Å². The summed E-state index contributed by atoms with van der Waals surface area (Å²) in [6.07, 6.45) is 7.05. The van der Waals surface area contributed by atoms with E-state index in [-0.39, 0.29) is 11.5 Å². The molecule has 0 aromatic heterocycles. The third-order valence-corrected chi connectivity index (χ3v) is 8.54. The molecule has 2 aliphatic heterocycles. The van der Waals surface area contributed by atoms with E-state index in [1.165, 1.54) is 34.6 Å². The summed E-state index contributed by atoms with van der Waals surface area (Å²) in [5.41, 5.74) is 5.68. The van der Waals surface area contributed by atoms with Gasteiger partial charge in [0.1, 0.15) is 5.82 Å². The Morgan fingerprint density at radius 3 is 2.03 bits per heavy atom. The van der Waals surface area contributed by atoms with Gasteiger partial charge >= 0.3 is 0 Å². The fraction of sp³-hybridized carbons (Fsp3) is 0.429. The lowest BCUT2D eigenvalue weighted by Crippen LogP contribution is -2.48. The van der Waals surface area contributed by atoms with Gasteiger partial charge in [0.25, 0.3) is 0 Å². The predicted molar refractivity (Wildman–Crippen MR) is 162 cm³/mol. The van der Waals surface area contributed by atoms with Gasteiger partial charge in [-0.15, -0.1) is 0 Å². The minimum absolute atomic E-state index is 0.0609. The Labute approximate surface area is 230 Å². The highest BCUT2D eigenvalue weighted by Gasteiger charge is 2.50. The maximum Gasteiger partial charge on any atom is 0.102 e. The van der Waals surface area contributed by atoms with Crippen LogP contribution in [-0.4, -0.2) is 49.1 Å². The molecule has 2 heterocycles. The van der Waals surface area contributed by atoms with E-state index in [4.69, 9.17) is 0 Å². The first-order valence-corrected chi connectivity index (χ1v) is 14.6. The number of nitrogens with zero attached hydrogens (tertiary/aromatic N) is 3. The molecule has 0 saturated carbocycles. The van der Waals surface area contributed by atoms with Crippen molar-refractivity contribution < 1.29 is 0 Å². The first-order chi connectivity index (χ1) is 18.5. The molecule has 3 aromatic rings. The number of hydrogen-bond donors (Lipinski definition) is 0. The Morgan fingerprint density at radius 2 is 1.42 bits per heavy atom.